The summed E-state index contributed by atoms with van der Waals surface area (Å²) in [5.74, 6) is 1.50. The molecular weight excluding hydrogens is 340 g/mol. The number of carbonyl (C=O) groups is 1. The Kier molecular flexibility index (Phi) is 4.75. The molecule has 0 bridgehead atoms. The minimum Gasteiger partial charge on any atom is -0.492 e. The van der Waals surface area contributed by atoms with Gasteiger partial charge in [-0.1, -0.05) is 18.2 Å². The van der Waals surface area contributed by atoms with Gasteiger partial charge in [-0.2, -0.15) is 0 Å². The first-order valence-corrected chi connectivity index (χ1v) is 9.45. The third kappa shape index (κ3) is 3.63. The van der Waals surface area contributed by atoms with Crippen LogP contribution >= 0.6 is 0 Å². The van der Waals surface area contributed by atoms with Crippen LogP contribution in [0.1, 0.15) is 31.4 Å². The fourth-order valence-corrected chi connectivity index (χ4v) is 3.61. The van der Waals surface area contributed by atoms with Crippen LogP contribution in [0.2, 0.25) is 0 Å². The Balaban J connectivity index is 1.47. The molecule has 3 aromatic rings. The van der Waals surface area contributed by atoms with Crippen molar-refractivity contribution in [3.05, 3.63) is 53.7 Å². The van der Waals surface area contributed by atoms with E-state index < -0.39 is 0 Å². The minimum atomic E-state index is -0.0350. The molecular formula is C22H24N2O3. The van der Waals surface area contributed by atoms with E-state index in [-0.39, 0.29) is 12.0 Å². The molecule has 1 atom stereocenters. The van der Waals surface area contributed by atoms with Crippen LogP contribution in [-0.4, -0.2) is 23.6 Å². The SMILES string of the molecule is CCOc1cc2c(cc1NC(=O)CCc1c[nH]c3ccccc13)O[C@@H](C)C2. The Morgan fingerprint density at radius 2 is 2.19 bits per heavy atom. The summed E-state index contributed by atoms with van der Waals surface area (Å²) in [6.45, 7) is 4.53. The largest absolute Gasteiger partial charge is 0.492 e. The van der Waals surface area contributed by atoms with E-state index in [4.69, 9.17) is 9.47 Å². The van der Waals surface area contributed by atoms with Crippen LogP contribution in [0.25, 0.3) is 10.9 Å². The van der Waals surface area contributed by atoms with Crippen molar-refractivity contribution in [3.63, 3.8) is 0 Å². The van der Waals surface area contributed by atoms with Crippen molar-refractivity contribution in [3.8, 4) is 11.5 Å². The third-order valence-corrected chi connectivity index (χ3v) is 4.87. The van der Waals surface area contributed by atoms with Crippen LogP contribution in [-0.2, 0) is 17.6 Å². The van der Waals surface area contributed by atoms with Crippen molar-refractivity contribution in [2.24, 2.45) is 0 Å². The number of hydrogen-bond donors (Lipinski definition) is 2. The summed E-state index contributed by atoms with van der Waals surface area (Å²) in [5.41, 5.74) is 4.05. The number of ether oxygens (including phenoxy) is 2. The lowest BCUT2D eigenvalue weighted by Crippen LogP contribution is -2.13. The fourth-order valence-electron chi connectivity index (χ4n) is 3.61. The predicted octanol–water partition coefficient (Wildman–Crippen LogP) is 4.46. The second-order valence-corrected chi connectivity index (χ2v) is 6.93. The normalized spacial score (nSPS) is 15.4. The molecule has 1 aromatic heterocycles. The van der Waals surface area contributed by atoms with Gasteiger partial charge in [0.15, 0.2) is 0 Å². The molecule has 4 rings (SSSR count). The van der Waals surface area contributed by atoms with Crippen molar-refractivity contribution in [2.45, 2.75) is 39.2 Å². The molecule has 0 fully saturated rings. The molecule has 0 radical (unpaired) electrons. The predicted molar refractivity (Wildman–Crippen MR) is 107 cm³/mol. The van der Waals surface area contributed by atoms with Crippen LogP contribution in [0.3, 0.4) is 0 Å². The summed E-state index contributed by atoms with van der Waals surface area (Å²) in [5, 5.41) is 4.16. The summed E-state index contributed by atoms with van der Waals surface area (Å²) in [6.07, 6.45) is 4.08. The highest BCUT2D eigenvalue weighted by Gasteiger charge is 2.22. The number of hydrogen-bond acceptors (Lipinski definition) is 3. The number of aromatic nitrogens is 1. The van der Waals surface area contributed by atoms with E-state index in [2.05, 4.69) is 16.4 Å². The van der Waals surface area contributed by atoms with Crippen LogP contribution in [0, 0.1) is 0 Å². The Morgan fingerprint density at radius 3 is 3.04 bits per heavy atom. The highest BCUT2D eigenvalue weighted by molar-refractivity contribution is 5.93. The number of fused-ring (bicyclic) bond motifs is 2. The number of rotatable bonds is 6. The zero-order chi connectivity index (χ0) is 18.8. The summed E-state index contributed by atoms with van der Waals surface area (Å²) in [7, 11) is 0. The molecule has 27 heavy (non-hydrogen) atoms. The van der Waals surface area contributed by atoms with E-state index in [1.807, 2.05) is 50.4 Å². The second-order valence-electron chi connectivity index (χ2n) is 6.93. The number of H-pyrrole nitrogens is 1. The summed E-state index contributed by atoms with van der Waals surface area (Å²) < 4.78 is 11.5. The lowest BCUT2D eigenvalue weighted by molar-refractivity contribution is -0.116. The number of aryl methyl sites for hydroxylation is 1. The molecule has 0 unspecified atom stereocenters. The molecule has 0 saturated heterocycles. The topological polar surface area (TPSA) is 63.3 Å². The number of nitrogens with one attached hydrogen (secondary N) is 2. The van der Waals surface area contributed by atoms with Crippen LogP contribution in [0.15, 0.2) is 42.6 Å². The lowest BCUT2D eigenvalue weighted by atomic mass is 10.1. The Labute approximate surface area is 158 Å². The maximum atomic E-state index is 12.5. The lowest BCUT2D eigenvalue weighted by Gasteiger charge is -2.13. The number of para-hydroxylation sites is 1. The highest BCUT2D eigenvalue weighted by Crippen LogP contribution is 2.38. The van der Waals surface area contributed by atoms with Gasteiger partial charge in [0.1, 0.15) is 17.6 Å². The molecule has 0 aliphatic carbocycles. The molecule has 2 heterocycles. The number of benzene rings is 2. The van der Waals surface area contributed by atoms with Gasteiger partial charge in [0.25, 0.3) is 0 Å². The quantitative estimate of drug-likeness (QED) is 0.679. The molecule has 1 aliphatic rings. The van der Waals surface area contributed by atoms with Gasteiger partial charge in [0.2, 0.25) is 5.91 Å². The zero-order valence-corrected chi connectivity index (χ0v) is 15.7. The fraction of sp³-hybridized carbons (Fsp3) is 0.318. The first-order valence-electron chi connectivity index (χ1n) is 9.45. The second kappa shape index (κ2) is 7.35. The average molecular weight is 364 g/mol. The van der Waals surface area contributed by atoms with Crippen molar-refractivity contribution in [2.75, 3.05) is 11.9 Å². The van der Waals surface area contributed by atoms with Gasteiger partial charge in [0.05, 0.1) is 12.3 Å². The maximum Gasteiger partial charge on any atom is 0.224 e. The zero-order valence-electron chi connectivity index (χ0n) is 15.7. The van der Waals surface area contributed by atoms with Gasteiger partial charge < -0.3 is 19.8 Å². The number of anilines is 1. The van der Waals surface area contributed by atoms with Crippen molar-refractivity contribution in [1.29, 1.82) is 0 Å². The molecule has 140 valence electrons. The van der Waals surface area contributed by atoms with Gasteiger partial charge in [0, 0.05) is 41.6 Å². The summed E-state index contributed by atoms with van der Waals surface area (Å²) in [4.78, 5) is 15.8. The first-order chi connectivity index (χ1) is 13.1. The Hall–Kier alpha value is -2.95. The van der Waals surface area contributed by atoms with Gasteiger partial charge >= 0.3 is 0 Å². The monoisotopic (exact) mass is 364 g/mol. The molecule has 1 amide bonds. The van der Waals surface area contributed by atoms with Gasteiger partial charge in [-0.25, -0.2) is 0 Å². The van der Waals surface area contributed by atoms with E-state index in [9.17, 15) is 4.79 Å². The number of amides is 1. The minimum absolute atomic E-state index is 0.0350. The number of aromatic amines is 1. The smallest absolute Gasteiger partial charge is 0.224 e. The van der Waals surface area contributed by atoms with E-state index in [0.717, 1.165) is 28.8 Å². The molecule has 0 spiro atoms. The molecule has 0 saturated carbocycles. The molecule has 2 N–H and O–H groups in total. The first kappa shape index (κ1) is 17.5. The molecule has 5 heteroatoms. The summed E-state index contributed by atoms with van der Waals surface area (Å²) in [6, 6.07) is 12.0. The van der Waals surface area contributed by atoms with E-state index in [1.54, 1.807) is 0 Å². The van der Waals surface area contributed by atoms with Gasteiger partial charge in [-0.15, -0.1) is 0 Å². The van der Waals surface area contributed by atoms with Crippen LogP contribution < -0.4 is 14.8 Å². The van der Waals surface area contributed by atoms with Gasteiger partial charge in [-0.05, 0) is 38.0 Å². The highest BCUT2D eigenvalue weighted by atomic mass is 16.5. The summed E-state index contributed by atoms with van der Waals surface area (Å²) >= 11 is 0. The van der Waals surface area contributed by atoms with E-state index in [0.29, 0.717) is 30.9 Å². The standard InChI is InChI=1S/C22H24N2O3/c1-3-26-21-11-16-10-14(2)27-20(16)12-19(21)24-22(25)9-8-15-13-23-18-7-5-4-6-17(15)18/h4-7,11-14,23H,3,8-10H2,1-2H3,(H,24,25)/t14-/m0/s1. The van der Waals surface area contributed by atoms with Crippen molar-refractivity contribution >= 4 is 22.5 Å². The van der Waals surface area contributed by atoms with Crippen LogP contribution in [0.4, 0.5) is 5.69 Å². The van der Waals surface area contributed by atoms with E-state index >= 15 is 0 Å². The molecule has 1 aliphatic heterocycles. The van der Waals surface area contributed by atoms with Crippen LogP contribution in [0.5, 0.6) is 11.5 Å². The van der Waals surface area contributed by atoms with Crippen molar-refractivity contribution < 1.29 is 14.3 Å². The molecule has 2 aromatic carbocycles. The van der Waals surface area contributed by atoms with Crippen molar-refractivity contribution in [1.82, 2.24) is 4.98 Å². The average Bonchev–Trinajstić information content (AvgIpc) is 3.22. The maximum absolute atomic E-state index is 12.5. The number of carbonyl (C=O) groups excluding carboxylic acids is 1. The van der Waals surface area contributed by atoms with Gasteiger partial charge in [-0.3, -0.25) is 4.79 Å². The Bertz CT molecular complexity index is 977. The third-order valence-electron chi connectivity index (χ3n) is 4.87. The Morgan fingerprint density at radius 1 is 1.33 bits per heavy atom. The molecule has 5 nitrogen and oxygen atoms in total. The van der Waals surface area contributed by atoms with E-state index in [1.165, 1.54) is 5.39 Å².